The van der Waals surface area contributed by atoms with E-state index in [0.29, 0.717) is 19.4 Å². The lowest BCUT2D eigenvalue weighted by Gasteiger charge is -2.29. The minimum absolute atomic E-state index is 0.0290. The lowest BCUT2D eigenvalue weighted by molar-refractivity contribution is -0.151. The van der Waals surface area contributed by atoms with E-state index in [2.05, 4.69) is 5.32 Å². The van der Waals surface area contributed by atoms with Crippen LogP contribution < -0.4 is 5.32 Å². The van der Waals surface area contributed by atoms with E-state index in [4.69, 9.17) is 4.74 Å². The molecule has 1 saturated carbocycles. The number of hydrogen-bond acceptors (Lipinski definition) is 5. The van der Waals surface area contributed by atoms with E-state index in [1.54, 1.807) is 13.8 Å². The minimum Gasteiger partial charge on any atom is -0.480 e. The number of nitrogens with one attached hydrogen (secondary N) is 1. The number of esters is 1. The van der Waals surface area contributed by atoms with E-state index in [1.165, 1.54) is 4.90 Å². The van der Waals surface area contributed by atoms with Gasteiger partial charge in [-0.2, -0.15) is 0 Å². The third-order valence-electron chi connectivity index (χ3n) is 6.63. The van der Waals surface area contributed by atoms with Crippen LogP contribution in [-0.4, -0.2) is 59.1 Å². The molecule has 4 unspecified atom stereocenters. The fourth-order valence-electron chi connectivity index (χ4n) is 5.11. The lowest BCUT2D eigenvalue weighted by Crippen LogP contribution is -2.54. The topological polar surface area (TPSA) is 95.9 Å². The van der Waals surface area contributed by atoms with E-state index < -0.39 is 24.1 Å². The van der Waals surface area contributed by atoms with Gasteiger partial charge in [-0.25, -0.2) is 4.79 Å². The number of ether oxygens (including phenoxy) is 1. The van der Waals surface area contributed by atoms with Gasteiger partial charge >= 0.3 is 11.9 Å². The van der Waals surface area contributed by atoms with Crippen LogP contribution in [0.25, 0.3) is 0 Å². The van der Waals surface area contributed by atoms with E-state index in [1.807, 2.05) is 30.3 Å². The molecule has 0 spiro atoms. The summed E-state index contributed by atoms with van der Waals surface area (Å²) < 4.78 is 5.21. The van der Waals surface area contributed by atoms with Gasteiger partial charge in [-0.1, -0.05) is 43.2 Å². The van der Waals surface area contributed by atoms with Crippen molar-refractivity contribution < 1.29 is 24.2 Å². The van der Waals surface area contributed by atoms with E-state index in [0.717, 1.165) is 31.2 Å². The summed E-state index contributed by atoms with van der Waals surface area (Å²) in [5.74, 6) is -1.29. The van der Waals surface area contributed by atoms with Crippen LogP contribution in [0.3, 0.4) is 0 Å². The molecule has 31 heavy (non-hydrogen) atoms. The van der Waals surface area contributed by atoms with Crippen molar-refractivity contribution >= 4 is 17.8 Å². The number of fused-ring (bicyclic) bond motifs is 1. The zero-order chi connectivity index (χ0) is 22.4. The smallest absolute Gasteiger partial charge is 0.326 e. The quantitative estimate of drug-likeness (QED) is 0.585. The molecule has 5 atom stereocenters. The molecule has 3 rings (SSSR count). The number of aryl methyl sites for hydroxylation is 1. The SMILES string of the molecule is CCOC(=O)C(CCc1ccccc1)N[C@@H](C)C(=O)N1CC2CCCCC2C1C(=O)O. The predicted molar refractivity (Wildman–Crippen MR) is 116 cm³/mol. The Morgan fingerprint density at radius 1 is 1.19 bits per heavy atom. The van der Waals surface area contributed by atoms with Gasteiger partial charge in [-0.3, -0.25) is 14.9 Å². The van der Waals surface area contributed by atoms with Crippen molar-refractivity contribution in [3.63, 3.8) is 0 Å². The van der Waals surface area contributed by atoms with Crippen molar-refractivity contribution in [2.45, 2.75) is 70.5 Å². The van der Waals surface area contributed by atoms with Crippen LogP contribution in [0.1, 0.15) is 51.5 Å². The van der Waals surface area contributed by atoms with Gasteiger partial charge in [0.1, 0.15) is 12.1 Å². The highest BCUT2D eigenvalue weighted by molar-refractivity contribution is 5.88. The van der Waals surface area contributed by atoms with Crippen molar-refractivity contribution in [1.29, 1.82) is 0 Å². The highest BCUT2D eigenvalue weighted by atomic mass is 16.5. The van der Waals surface area contributed by atoms with Crippen molar-refractivity contribution in [2.24, 2.45) is 11.8 Å². The number of hydrogen-bond donors (Lipinski definition) is 2. The number of carboxylic acid groups (broad SMARTS) is 1. The number of amides is 1. The maximum atomic E-state index is 13.2. The monoisotopic (exact) mass is 430 g/mol. The zero-order valence-electron chi connectivity index (χ0n) is 18.5. The summed E-state index contributed by atoms with van der Waals surface area (Å²) in [6.45, 7) is 4.21. The second-order valence-electron chi connectivity index (χ2n) is 8.70. The molecule has 7 heteroatoms. The number of aliphatic carboxylic acids is 1. The molecule has 0 radical (unpaired) electrons. The standard InChI is InChI=1S/C24H34N2O5/c1-3-31-24(30)20(14-13-17-9-5-4-6-10-17)25-16(2)22(27)26-15-18-11-7-8-12-19(18)21(26)23(28)29/h4-6,9-10,16,18-21,25H,3,7-8,11-15H2,1-2H3,(H,28,29)/t16-,18?,19?,20?,21?/m0/s1. The maximum Gasteiger partial charge on any atom is 0.326 e. The summed E-state index contributed by atoms with van der Waals surface area (Å²) in [5.41, 5.74) is 1.10. The van der Waals surface area contributed by atoms with Crippen molar-refractivity contribution in [1.82, 2.24) is 10.2 Å². The Kier molecular flexibility index (Phi) is 8.07. The second kappa shape index (κ2) is 10.8. The summed E-state index contributed by atoms with van der Waals surface area (Å²) in [6, 6.07) is 7.77. The van der Waals surface area contributed by atoms with Gasteiger partial charge in [0.05, 0.1) is 12.6 Å². The second-order valence-corrected chi connectivity index (χ2v) is 8.70. The Hall–Kier alpha value is -2.41. The first-order valence-electron chi connectivity index (χ1n) is 11.4. The van der Waals surface area contributed by atoms with E-state index >= 15 is 0 Å². The highest BCUT2D eigenvalue weighted by Gasteiger charge is 2.49. The first-order valence-corrected chi connectivity index (χ1v) is 11.4. The van der Waals surface area contributed by atoms with Crippen molar-refractivity contribution in [2.75, 3.05) is 13.2 Å². The lowest BCUT2D eigenvalue weighted by atomic mass is 9.78. The molecule has 2 N–H and O–H groups in total. The van der Waals surface area contributed by atoms with Crippen molar-refractivity contribution in [3.8, 4) is 0 Å². The number of likely N-dealkylation sites (tertiary alicyclic amines) is 1. The third-order valence-corrected chi connectivity index (χ3v) is 6.63. The largest absolute Gasteiger partial charge is 0.480 e. The average molecular weight is 431 g/mol. The zero-order valence-corrected chi connectivity index (χ0v) is 18.5. The fraction of sp³-hybridized carbons (Fsp3) is 0.625. The Morgan fingerprint density at radius 3 is 2.58 bits per heavy atom. The summed E-state index contributed by atoms with van der Waals surface area (Å²) in [7, 11) is 0. The van der Waals surface area contributed by atoms with Gasteiger partial charge < -0.3 is 14.7 Å². The number of benzene rings is 1. The number of carbonyl (C=O) groups is 3. The van der Waals surface area contributed by atoms with Crippen LogP contribution >= 0.6 is 0 Å². The van der Waals surface area contributed by atoms with Gasteiger partial charge in [0.15, 0.2) is 0 Å². The molecule has 1 aromatic carbocycles. The molecule has 1 aliphatic carbocycles. The molecular weight excluding hydrogens is 396 g/mol. The highest BCUT2D eigenvalue weighted by Crippen LogP contribution is 2.40. The van der Waals surface area contributed by atoms with Crippen LogP contribution in [0.2, 0.25) is 0 Å². The first kappa shape index (κ1) is 23.3. The molecule has 1 aromatic rings. The summed E-state index contributed by atoms with van der Waals surface area (Å²) in [4.78, 5) is 39.3. The molecule has 1 saturated heterocycles. The van der Waals surface area contributed by atoms with Gasteiger partial charge in [-0.15, -0.1) is 0 Å². The predicted octanol–water partition coefficient (Wildman–Crippen LogP) is 2.63. The Morgan fingerprint density at radius 2 is 1.90 bits per heavy atom. The molecule has 1 amide bonds. The number of carboxylic acids is 1. The van der Waals surface area contributed by atoms with Crippen molar-refractivity contribution in [3.05, 3.63) is 35.9 Å². The molecule has 0 aromatic heterocycles. The van der Waals surface area contributed by atoms with E-state index in [-0.39, 0.29) is 30.3 Å². The normalized spacial score (nSPS) is 24.8. The Balaban J connectivity index is 1.67. The Labute approximate surface area is 184 Å². The van der Waals surface area contributed by atoms with Crippen LogP contribution in [0, 0.1) is 11.8 Å². The van der Waals surface area contributed by atoms with Gasteiger partial charge in [0.2, 0.25) is 5.91 Å². The number of rotatable bonds is 9. The molecule has 0 bridgehead atoms. The Bertz CT molecular complexity index is 768. The molecule has 1 heterocycles. The molecule has 2 aliphatic rings. The first-order chi connectivity index (χ1) is 14.9. The van der Waals surface area contributed by atoms with E-state index in [9.17, 15) is 19.5 Å². The fourth-order valence-corrected chi connectivity index (χ4v) is 5.11. The van der Waals surface area contributed by atoms with Crippen LogP contribution in [0.5, 0.6) is 0 Å². The van der Waals surface area contributed by atoms with Crippen LogP contribution in [0.15, 0.2) is 30.3 Å². The summed E-state index contributed by atoms with van der Waals surface area (Å²) in [5, 5.41) is 12.9. The number of carbonyl (C=O) groups excluding carboxylic acids is 2. The minimum atomic E-state index is -0.930. The molecule has 7 nitrogen and oxygen atoms in total. The molecule has 170 valence electrons. The molecule has 1 aliphatic heterocycles. The summed E-state index contributed by atoms with van der Waals surface area (Å²) in [6.07, 6.45) is 5.11. The maximum absolute atomic E-state index is 13.2. The van der Waals surface area contributed by atoms with Gasteiger partial charge in [0.25, 0.3) is 0 Å². The average Bonchev–Trinajstić information content (AvgIpc) is 3.16. The third kappa shape index (κ3) is 5.64. The summed E-state index contributed by atoms with van der Waals surface area (Å²) >= 11 is 0. The molecule has 2 fully saturated rings. The number of nitrogens with zero attached hydrogens (tertiary/aromatic N) is 1. The van der Waals surface area contributed by atoms with Crippen LogP contribution in [-0.2, 0) is 25.5 Å². The van der Waals surface area contributed by atoms with Crippen LogP contribution in [0.4, 0.5) is 0 Å². The molecular formula is C24H34N2O5. The van der Waals surface area contributed by atoms with Gasteiger partial charge in [0, 0.05) is 6.54 Å². The van der Waals surface area contributed by atoms with Gasteiger partial charge in [-0.05, 0) is 56.9 Å².